The summed E-state index contributed by atoms with van der Waals surface area (Å²) < 4.78 is 0. The standard InChI is InChI=1S/C17H20/c1-13-10-11-15-8-5-9-16(17(15)12-13)14-6-3-2-4-7-14/h5,8-12,14H,2-4,6-7H2,1H3. The fourth-order valence-corrected chi connectivity index (χ4v) is 3.18. The molecule has 2 aromatic carbocycles. The maximum atomic E-state index is 2.36. The Balaban J connectivity index is 2.11. The summed E-state index contributed by atoms with van der Waals surface area (Å²) in [7, 11) is 0. The zero-order valence-corrected chi connectivity index (χ0v) is 10.6. The monoisotopic (exact) mass is 224 g/mol. The quantitative estimate of drug-likeness (QED) is 0.625. The molecule has 0 heteroatoms. The molecule has 0 spiro atoms. The van der Waals surface area contributed by atoms with Crippen molar-refractivity contribution in [1.29, 1.82) is 0 Å². The van der Waals surface area contributed by atoms with Crippen LogP contribution < -0.4 is 0 Å². The van der Waals surface area contributed by atoms with Gasteiger partial charge in [-0.25, -0.2) is 0 Å². The molecule has 1 fully saturated rings. The van der Waals surface area contributed by atoms with Gasteiger partial charge in [-0.15, -0.1) is 0 Å². The third kappa shape index (κ3) is 2.09. The van der Waals surface area contributed by atoms with Gasteiger partial charge in [-0.2, -0.15) is 0 Å². The lowest BCUT2D eigenvalue weighted by molar-refractivity contribution is 0.445. The van der Waals surface area contributed by atoms with Crippen molar-refractivity contribution in [3.63, 3.8) is 0 Å². The molecule has 0 saturated heterocycles. The third-order valence-corrected chi connectivity index (χ3v) is 4.12. The van der Waals surface area contributed by atoms with Gasteiger partial charge in [0.2, 0.25) is 0 Å². The lowest BCUT2D eigenvalue weighted by Gasteiger charge is -2.23. The van der Waals surface area contributed by atoms with E-state index in [2.05, 4.69) is 43.3 Å². The van der Waals surface area contributed by atoms with Gasteiger partial charge in [-0.3, -0.25) is 0 Å². The Morgan fingerprint density at radius 1 is 0.941 bits per heavy atom. The number of fused-ring (bicyclic) bond motifs is 1. The zero-order valence-electron chi connectivity index (χ0n) is 10.6. The molecule has 0 nitrogen and oxygen atoms in total. The summed E-state index contributed by atoms with van der Waals surface area (Å²) in [5.41, 5.74) is 2.96. The lowest BCUT2D eigenvalue weighted by atomic mass is 9.82. The van der Waals surface area contributed by atoms with Gasteiger partial charge in [-0.1, -0.05) is 61.2 Å². The first-order chi connectivity index (χ1) is 8.34. The van der Waals surface area contributed by atoms with Crippen molar-refractivity contribution in [3.8, 4) is 0 Å². The molecular weight excluding hydrogens is 204 g/mol. The summed E-state index contributed by atoms with van der Waals surface area (Å²) in [6.07, 6.45) is 7.01. The van der Waals surface area contributed by atoms with Gasteiger partial charge in [0.1, 0.15) is 0 Å². The highest BCUT2D eigenvalue weighted by molar-refractivity contribution is 5.86. The summed E-state index contributed by atoms with van der Waals surface area (Å²) in [6.45, 7) is 2.19. The predicted molar refractivity (Wildman–Crippen MR) is 74.5 cm³/mol. The first-order valence-corrected chi connectivity index (χ1v) is 6.84. The maximum Gasteiger partial charge on any atom is -0.0146 e. The molecule has 1 aliphatic carbocycles. The van der Waals surface area contributed by atoms with E-state index in [0.717, 1.165) is 5.92 Å². The van der Waals surface area contributed by atoms with Gasteiger partial charge in [-0.05, 0) is 42.0 Å². The van der Waals surface area contributed by atoms with Crippen molar-refractivity contribution in [1.82, 2.24) is 0 Å². The van der Waals surface area contributed by atoms with E-state index >= 15 is 0 Å². The smallest absolute Gasteiger partial charge is 0.0146 e. The van der Waals surface area contributed by atoms with Crippen LogP contribution in [0.4, 0.5) is 0 Å². The Bertz CT molecular complexity index is 519. The minimum absolute atomic E-state index is 0.800. The molecule has 0 heterocycles. The Labute approximate surface area is 104 Å². The van der Waals surface area contributed by atoms with Crippen LogP contribution >= 0.6 is 0 Å². The predicted octanol–water partition coefficient (Wildman–Crippen LogP) is 5.20. The maximum absolute atomic E-state index is 2.36. The summed E-state index contributed by atoms with van der Waals surface area (Å²) in [4.78, 5) is 0. The average molecular weight is 224 g/mol. The van der Waals surface area contributed by atoms with E-state index in [1.165, 1.54) is 48.4 Å². The van der Waals surface area contributed by atoms with Gasteiger partial charge >= 0.3 is 0 Å². The van der Waals surface area contributed by atoms with Crippen molar-refractivity contribution < 1.29 is 0 Å². The van der Waals surface area contributed by atoms with E-state index in [9.17, 15) is 0 Å². The molecule has 2 aromatic rings. The van der Waals surface area contributed by atoms with Crippen LogP contribution in [0.3, 0.4) is 0 Å². The Hall–Kier alpha value is -1.30. The van der Waals surface area contributed by atoms with Crippen molar-refractivity contribution in [2.24, 2.45) is 0 Å². The summed E-state index contributed by atoms with van der Waals surface area (Å²) >= 11 is 0. The molecule has 0 aliphatic heterocycles. The molecule has 0 aromatic heterocycles. The van der Waals surface area contributed by atoms with Crippen molar-refractivity contribution in [3.05, 3.63) is 47.5 Å². The number of hydrogen-bond donors (Lipinski definition) is 0. The second kappa shape index (κ2) is 4.52. The van der Waals surface area contributed by atoms with Crippen LogP contribution in [0.2, 0.25) is 0 Å². The van der Waals surface area contributed by atoms with Crippen LogP contribution in [0.5, 0.6) is 0 Å². The summed E-state index contributed by atoms with van der Waals surface area (Å²) in [5.74, 6) is 0.800. The molecule has 3 rings (SSSR count). The van der Waals surface area contributed by atoms with Gasteiger partial charge in [0, 0.05) is 0 Å². The van der Waals surface area contributed by atoms with Gasteiger partial charge in [0.05, 0.1) is 0 Å². The van der Waals surface area contributed by atoms with Crippen molar-refractivity contribution >= 4 is 10.8 Å². The normalized spacial score (nSPS) is 17.5. The fourth-order valence-electron chi connectivity index (χ4n) is 3.18. The molecule has 1 aliphatic rings. The molecule has 0 radical (unpaired) electrons. The molecule has 0 unspecified atom stereocenters. The highest BCUT2D eigenvalue weighted by atomic mass is 14.2. The molecule has 1 saturated carbocycles. The second-order valence-electron chi connectivity index (χ2n) is 5.41. The van der Waals surface area contributed by atoms with Crippen LogP contribution in [-0.2, 0) is 0 Å². The van der Waals surface area contributed by atoms with Crippen LogP contribution in [-0.4, -0.2) is 0 Å². The Morgan fingerprint density at radius 2 is 1.76 bits per heavy atom. The molecule has 0 atom stereocenters. The highest BCUT2D eigenvalue weighted by Crippen LogP contribution is 2.36. The molecule has 0 N–H and O–H groups in total. The highest BCUT2D eigenvalue weighted by Gasteiger charge is 2.17. The Morgan fingerprint density at radius 3 is 2.59 bits per heavy atom. The van der Waals surface area contributed by atoms with E-state index < -0.39 is 0 Å². The minimum Gasteiger partial charge on any atom is -0.0613 e. The third-order valence-electron chi connectivity index (χ3n) is 4.12. The molecule has 0 amide bonds. The van der Waals surface area contributed by atoms with Crippen molar-refractivity contribution in [2.45, 2.75) is 44.9 Å². The SMILES string of the molecule is Cc1ccc2cccc(C3CCCCC3)c2c1. The van der Waals surface area contributed by atoms with Gasteiger partial charge in [0.25, 0.3) is 0 Å². The first-order valence-electron chi connectivity index (χ1n) is 6.84. The van der Waals surface area contributed by atoms with Crippen LogP contribution in [0, 0.1) is 6.92 Å². The second-order valence-corrected chi connectivity index (χ2v) is 5.41. The van der Waals surface area contributed by atoms with Crippen LogP contribution in [0.15, 0.2) is 36.4 Å². The molecular formula is C17H20. The van der Waals surface area contributed by atoms with E-state index in [-0.39, 0.29) is 0 Å². The minimum atomic E-state index is 0.800. The van der Waals surface area contributed by atoms with E-state index in [0.29, 0.717) is 0 Å². The summed E-state index contributed by atoms with van der Waals surface area (Å²) in [6, 6.07) is 13.6. The molecule has 88 valence electrons. The fraction of sp³-hybridized carbons (Fsp3) is 0.412. The molecule has 17 heavy (non-hydrogen) atoms. The Kier molecular flexibility index (Phi) is 2.88. The average Bonchev–Trinajstić information content (AvgIpc) is 2.39. The van der Waals surface area contributed by atoms with Crippen LogP contribution in [0.1, 0.15) is 49.1 Å². The zero-order chi connectivity index (χ0) is 11.7. The topological polar surface area (TPSA) is 0 Å². The molecule has 0 bridgehead atoms. The number of benzene rings is 2. The lowest BCUT2D eigenvalue weighted by Crippen LogP contribution is -2.04. The summed E-state index contributed by atoms with van der Waals surface area (Å²) in [5, 5.41) is 2.89. The van der Waals surface area contributed by atoms with E-state index in [1.54, 1.807) is 5.56 Å². The van der Waals surface area contributed by atoms with Crippen LogP contribution in [0.25, 0.3) is 10.8 Å². The largest absolute Gasteiger partial charge is 0.0613 e. The van der Waals surface area contributed by atoms with Gasteiger partial charge in [0.15, 0.2) is 0 Å². The number of hydrogen-bond acceptors (Lipinski definition) is 0. The number of rotatable bonds is 1. The van der Waals surface area contributed by atoms with Crippen molar-refractivity contribution in [2.75, 3.05) is 0 Å². The first kappa shape index (κ1) is 10.8. The van der Waals surface area contributed by atoms with E-state index in [1.807, 2.05) is 0 Å². The number of aryl methyl sites for hydroxylation is 1. The van der Waals surface area contributed by atoms with E-state index in [4.69, 9.17) is 0 Å². The van der Waals surface area contributed by atoms with Gasteiger partial charge < -0.3 is 0 Å².